The number of benzene rings is 1. The largest absolute Gasteiger partial charge is 0.273 e. The highest BCUT2D eigenvalue weighted by molar-refractivity contribution is 5.97. The van der Waals surface area contributed by atoms with Gasteiger partial charge in [-0.1, -0.05) is 24.3 Å². The number of hydrazine groups is 1. The van der Waals surface area contributed by atoms with Crippen LogP contribution in [0, 0.1) is 19.8 Å². The van der Waals surface area contributed by atoms with Crippen LogP contribution in [0.15, 0.2) is 30.4 Å². The molecule has 1 aliphatic rings. The zero-order valence-corrected chi connectivity index (χ0v) is 15.3. The van der Waals surface area contributed by atoms with Gasteiger partial charge in [0, 0.05) is 11.5 Å². The summed E-state index contributed by atoms with van der Waals surface area (Å²) in [5.41, 5.74) is 5.00. The van der Waals surface area contributed by atoms with Crippen LogP contribution in [0.25, 0.3) is 0 Å². The number of nitrogens with one attached hydrogen (secondary N) is 1. The molecule has 1 aromatic rings. The fourth-order valence-corrected chi connectivity index (χ4v) is 2.91. The van der Waals surface area contributed by atoms with Gasteiger partial charge in [-0.25, -0.2) is 5.01 Å². The summed E-state index contributed by atoms with van der Waals surface area (Å²) in [5, 5.41) is 1.51. The number of aryl methyl sites for hydroxylation is 1. The van der Waals surface area contributed by atoms with Crippen molar-refractivity contribution in [3.63, 3.8) is 0 Å². The Labute approximate surface area is 144 Å². The standard InChI is InChI=1S/C20H28N2O2/c1-14-10-9-13-17(15(14)2)18(23)21-22(20(3,4)5)19(24)16-11-7-6-8-12-16/h6-7,9-10,13,16H,8,11-12H2,1-5H3,(H,21,23). The summed E-state index contributed by atoms with van der Waals surface area (Å²) in [6, 6.07) is 5.64. The van der Waals surface area contributed by atoms with Crippen LogP contribution in [0.5, 0.6) is 0 Å². The first kappa shape index (κ1) is 18.2. The van der Waals surface area contributed by atoms with Crippen LogP contribution in [0.3, 0.4) is 0 Å². The van der Waals surface area contributed by atoms with E-state index in [1.807, 2.05) is 46.8 Å². The molecule has 1 aliphatic carbocycles. The van der Waals surface area contributed by atoms with Crippen molar-refractivity contribution in [1.29, 1.82) is 0 Å². The second-order valence-electron chi connectivity index (χ2n) is 7.51. The summed E-state index contributed by atoms with van der Waals surface area (Å²) >= 11 is 0. The summed E-state index contributed by atoms with van der Waals surface area (Å²) < 4.78 is 0. The van der Waals surface area contributed by atoms with Crippen molar-refractivity contribution in [3.8, 4) is 0 Å². The van der Waals surface area contributed by atoms with E-state index in [-0.39, 0.29) is 17.7 Å². The lowest BCUT2D eigenvalue weighted by Gasteiger charge is -2.38. The van der Waals surface area contributed by atoms with E-state index in [1.54, 1.807) is 6.07 Å². The molecule has 1 aromatic carbocycles. The monoisotopic (exact) mass is 328 g/mol. The molecule has 24 heavy (non-hydrogen) atoms. The minimum atomic E-state index is -0.481. The van der Waals surface area contributed by atoms with Gasteiger partial charge in [0.2, 0.25) is 5.91 Å². The van der Waals surface area contributed by atoms with Crippen LogP contribution in [0.4, 0.5) is 0 Å². The van der Waals surface area contributed by atoms with Gasteiger partial charge in [-0.2, -0.15) is 0 Å². The fraction of sp³-hybridized carbons (Fsp3) is 0.500. The lowest BCUT2D eigenvalue weighted by Crippen LogP contribution is -2.57. The molecule has 0 spiro atoms. The van der Waals surface area contributed by atoms with Crippen molar-refractivity contribution < 1.29 is 9.59 Å². The first-order chi connectivity index (χ1) is 11.2. The molecule has 2 rings (SSSR count). The van der Waals surface area contributed by atoms with Crippen molar-refractivity contribution in [2.24, 2.45) is 5.92 Å². The lowest BCUT2D eigenvalue weighted by atomic mass is 9.92. The molecule has 0 fully saturated rings. The summed E-state index contributed by atoms with van der Waals surface area (Å²) in [6.45, 7) is 9.72. The van der Waals surface area contributed by atoms with E-state index in [0.717, 1.165) is 30.4 Å². The maximum Gasteiger partial charge on any atom is 0.270 e. The SMILES string of the molecule is Cc1cccc(C(=O)NN(C(=O)C2CC=CCC2)C(C)(C)C)c1C. The van der Waals surface area contributed by atoms with Crippen LogP contribution in [0.2, 0.25) is 0 Å². The molecule has 130 valence electrons. The number of hydrogen-bond donors (Lipinski definition) is 1. The molecule has 0 aromatic heterocycles. The van der Waals surface area contributed by atoms with Gasteiger partial charge in [-0.3, -0.25) is 15.0 Å². The molecular weight excluding hydrogens is 300 g/mol. The molecule has 0 bridgehead atoms. The van der Waals surface area contributed by atoms with Crippen molar-refractivity contribution in [3.05, 3.63) is 47.0 Å². The van der Waals surface area contributed by atoms with E-state index in [9.17, 15) is 9.59 Å². The van der Waals surface area contributed by atoms with Crippen LogP contribution in [-0.2, 0) is 4.79 Å². The number of amides is 2. The third kappa shape index (κ3) is 4.05. The van der Waals surface area contributed by atoms with Crippen LogP contribution < -0.4 is 5.43 Å². The normalized spacial score (nSPS) is 17.5. The zero-order chi connectivity index (χ0) is 17.9. The minimum absolute atomic E-state index is 0.00879. The van der Waals surface area contributed by atoms with E-state index in [0.29, 0.717) is 5.56 Å². The third-order valence-corrected chi connectivity index (χ3v) is 4.57. The van der Waals surface area contributed by atoms with Crippen LogP contribution >= 0.6 is 0 Å². The van der Waals surface area contributed by atoms with Gasteiger partial charge >= 0.3 is 0 Å². The second kappa shape index (κ2) is 7.20. The number of allylic oxidation sites excluding steroid dienone is 2. The Kier molecular flexibility index (Phi) is 5.47. The maximum absolute atomic E-state index is 12.9. The Morgan fingerprint density at radius 2 is 1.88 bits per heavy atom. The van der Waals surface area contributed by atoms with E-state index in [2.05, 4.69) is 17.6 Å². The molecule has 1 N–H and O–H groups in total. The lowest BCUT2D eigenvalue weighted by molar-refractivity contribution is -0.144. The Morgan fingerprint density at radius 3 is 2.46 bits per heavy atom. The molecular formula is C20H28N2O2. The number of nitrogens with zero attached hydrogens (tertiary/aromatic N) is 1. The average Bonchev–Trinajstić information content (AvgIpc) is 2.54. The molecule has 0 saturated carbocycles. The van der Waals surface area contributed by atoms with Crippen LogP contribution in [-0.4, -0.2) is 22.4 Å². The summed E-state index contributed by atoms with van der Waals surface area (Å²) in [5.74, 6) is -0.301. The van der Waals surface area contributed by atoms with Crippen molar-refractivity contribution in [2.75, 3.05) is 0 Å². The first-order valence-electron chi connectivity index (χ1n) is 8.58. The topological polar surface area (TPSA) is 49.4 Å². The molecule has 4 heteroatoms. The number of carbonyl (C=O) groups excluding carboxylic acids is 2. The minimum Gasteiger partial charge on any atom is -0.273 e. The Balaban J connectivity index is 2.23. The van der Waals surface area contributed by atoms with Crippen LogP contribution in [0.1, 0.15) is 61.5 Å². The fourth-order valence-electron chi connectivity index (χ4n) is 2.91. The second-order valence-corrected chi connectivity index (χ2v) is 7.51. The van der Waals surface area contributed by atoms with Gasteiger partial charge in [0.15, 0.2) is 0 Å². The molecule has 1 atom stereocenters. The van der Waals surface area contributed by atoms with Gasteiger partial charge in [-0.05, 0) is 71.1 Å². The van der Waals surface area contributed by atoms with E-state index < -0.39 is 5.54 Å². The van der Waals surface area contributed by atoms with Gasteiger partial charge < -0.3 is 0 Å². The summed E-state index contributed by atoms with van der Waals surface area (Å²) in [6.07, 6.45) is 6.66. The Morgan fingerprint density at radius 1 is 1.17 bits per heavy atom. The molecule has 0 saturated heterocycles. The predicted molar refractivity (Wildman–Crippen MR) is 96.5 cm³/mol. The Hall–Kier alpha value is -2.10. The predicted octanol–water partition coefficient (Wildman–Crippen LogP) is 3.93. The quantitative estimate of drug-likeness (QED) is 0.660. The summed E-state index contributed by atoms with van der Waals surface area (Å²) in [4.78, 5) is 25.7. The van der Waals surface area contributed by atoms with E-state index in [1.165, 1.54) is 5.01 Å². The highest BCUT2D eigenvalue weighted by Gasteiger charge is 2.33. The Bertz CT molecular complexity index is 656. The molecule has 1 unspecified atom stereocenters. The number of carbonyl (C=O) groups is 2. The summed E-state index contributed by atoms with van der Waals surface area (Å²) in [7, 11) is 0. The molecule has 0 heterocycles. The highest BCUT2D eigenvalue weighted by Crippen LogP contribution is 2.24. The molecule has 0 aliphatic heterocycles. The maximum atomic E-state index is 12.9. The third-order valence-electron chi connectivity index (χ3n) is 4.57. The van der Waals surface area contributed by atoms with E-state index in [4.69, 9.17) is 0 Å². The smallest absolute Gasteiger partial charge is 0.270 e. The molecule has 4 nitrogen and oxygen atoms in total. The van der Waals surface area contributed by atoms with Gasteiger partial charge in [0.05, 0.1) is 5.54 Å². The van der Waals surface area contributed by atoms with Crippen molar-refractivity contribution in [1.82, 2.24) is 10.4 Å². The number of hydrogen-bond acceptors (Lipinski definition) is 2. The average molecular weight is 328 g/mol. The highest BCUT2D eigenvalue weighted by atomic mass is 16.2. The molecule has 0 radical (unpaired) electrons. The first-order valence-corrected chi connectivity index (χ1v) is 8.58. The number of rotatable bonds is 2. The van der Waals surface area contributed by atoms with Gasteiger partial charge in [0.1, 0.15) is 0 Å². The van der Waals surface area contributed by atoms with Crippen molar-refractivity contribution in [2.45, 2.75) is 59.4 Å². The zero-order valence-electron chi connectivity index (χ0n) is 15.3. The van der Waals surface area contributed by atoms with Crippen molar-refractivity contribution >= 4 is 11.8 Å². The van der Waals surface area contributed by atoms with Gasteiger partial charge in [0.25, 0.3) is 5.91 Å². The van der Waals surface area contributed by atoms with E-state index >= 15 is 0 Å². The molecule has 2 amide bonds. The van der Waals surface area contributed by atoms with Gasteiger partial charge in [-0.15, -0.1) is 0 Å².